The van der Waals surface area contributed by atoms with Crippen molar-refractivity contribution < 1.29 is 31.5 Å². The summed E-state index contributed by atoms with van der Waals surface area (Å²) in [5.41, 5.74) is 0.250. The van der Waals surface area contributed by atoms with Gasteiger partial charge in [-0.1, -0.05) is 18.2 Å². The molecule has 0 bridgehead atoms. The number of sulfonamides is 1. The molecular weight excluding hydrogens is 418 g/mol. The van der Waals surface area contributed by atoms with E-state index in [0.717, 1.165) is 0 Å². The van der Waals surface area contributed by atoms with Gasteiger partial charge in [-0.2, -0.15) is 13.1 Å². The van der Waals surface area contributed by atoms with Gasteiger partial charge in [-0.15, -0.1) is 0 Å². The van der Waals surface area contributed by atoms with Crippen LogP contribution in [0.1, 0.15) is 12.8 Å². The molecule has 7 nitrogen and oxygen atoms in total. The molecule has 3 rings (SSSR count). The summed E-state index contributed by atoms with van der Waals surface area (Å²) < 4.78 is 61.5. The molecule has 0 aliphatic carbocycles. The summed E-state index contributed by atoms with van der Waals surface area (Å²) in [6.07, 6.45) is 1.05. The normalized spacial score (nSPS) is 17.5. The first-order valence-electron chi connectivity index (χ1n) is 9.30. The number of hydrogen-bond donors (Lipinski definition) is 1. The molecule has 1 amide bonds. The third-order valence-electron chi connectivity index (χ3n) is 4.78. The number of rotatable bonds is 7. The number of carbonyl (C=O) groups is 1. The van der Waals surface area contributed by atoms with Crippen LogP contribution in [-0.4, -0.2) is 45.4 Å². The summed E-state index contributed by atoms with van der Waals surface area (Å²) in [6, 6.07) is 12.2. The zero-order valence-corrected chi connectivity index (χ0v) is 17.1. The molecule has 1 aliphatic heterocycles. The van der Waals surface area contributed by atoms with Crippen LogP contribution in [0.3, 0.4) is 0 Å². The van der Waals surface area contributed by atoms with Crippen molar-refractivity contribution in [2.45, 2.75) is 24.3 Å². The van der Waals surface area contributed by atoms with E-state index in [0.29, 0.717) is 19.4 Å². The zero-order valence-electron chi connectivity index (χ0n) is 16.3. The Balaban J connectivity index is 1.71. The Labute approximate surface area is 173 Å². The number of benzene rings is 2. The van der Waals surface area contributed by atoms with E-state index in [1.165, 1.54) is 41.7 Å². The van der Waals surface area contributed by atoms with Gasteiger partial charge in [-0.25, -0.2) is 8.42 Å². The third kappa shape index (κ3) is 5.06. The monoisotopic (exact) mass is 440 g/mol. The quantitative estimate of drug-likeness (QED) is 0.714. The summed E-state index contributed by atoms with van der Waals surface area (Å²) >= 11 is 0. The predicted molar refractivity (Wildman–Crippen MR) is 106 cm³/mol. The molecular formula is C20H22F2N2O5S. The van der Waals surface area contributed by atoms with Gasteiger partial charge in [0.1, 0.15) is 0 Å². The summed E-state index contributed by atoms with van der Waals surface area (Å²) in [5.74, 6) is -1.07. The standard InChI is InChI=1S/C20H22F2N2O5S/c1-28-17-10-9-15(12-18(17)29-20(21)22)23-19(25)14-6-5-11-24(13-14)30(26,27)16-7-3-2-4-8-16/h2-4,7-10,12,14,20H,5-6,11,13H2,1H3,(H,23,25). The number of amides is 1. The van der Waals surface area contributed by atoms with Gasteiger partial charge in [-0.3, -0.25) is 4.79 Å². The number of hydrogen-bond acceptors (Lipinski definition) is 5. The lowest BCUT2D eigenvalue weighted by Crippen LogP contribution is -2.43. The highest BCUT2D eigenvalue weighted by Crippen LogP contribution is 2.32. The fourth-order valence-electron chi connectivity index (χ4n) is 3.30. The summed E-state index contributed by atoms with van der Waals surface area (Å²) in [5, 5.41) is 2.65. The molecule has 1 aliphatic rings. The smallest absolute Gasteiger partial charge is 0.387 e. The van der Waals surface area contributed by atoms with Gasteiger partial charge in [-0.05, 0) is 37.1 Å². The number of anilines is 1. The molecule has 162 valence electrons. The van der Waals surface area contributed by atoms with Crippen LogP contribution in [-0.2, 0) is 14.8 Å². The number of alkyl halides is 2. The van der Waals surface area contributed by atoms with Crippen LogP contribution in [0.5, 0.6) is 11.5 Å². The van der Waals surface area contributed by atoms with Gasteiger partial charge >= 0.3 is 6.61 Å². The first kappa shape index (κ1) is 22.0. The van der Waals surface area contributed by atoms with Crippen molar-refractivity contribution >= 4 is 21.6 Å². The molecule has 0 spiro atoms. The van der Waals surface area contributed by atoms with Gasteiger partial charge in [0, 0.05) is 24.8 Å². The number of piperidine rings is 1. The number of halogens is 2. The Morgan fingerprint density at radius 1 is 1.17 bits per heavy atom. The summed E-state index contributed by atoms with van der Waals surface area (Å²) in [7, 11) is -2.38. The average molecular weight is 440 g/mol. The molecule has 0 saturated carbocycles. The SMILES string of the molecule is COc1ccc(NC(=O)C2CCCN(S(=O)(=O)c3ccccc3)C2)cc1OC(F)F. The maximum atomic E-state index is 12.8. The van der Waals surface area contributed by atoms with Crippen molar-refractivity contribution in [3.8, 4) is 11.5 Å². The van der Waals surface area contributed by atoms with E-state index in [-0.39, 0.29) is 28.6 Å². The average Bonchev–Trinajstić information content (AvgIpc) is 2.74. The number of nitrogens with zero attached hydrogens (tertiary/aromatic N) is 1. The van der Waals surface area contributed by atoms with E-state index in [1.54, 1.807) is 18.2 Å². The Kier molecular flexibility index (Phi) is 6.88. The maximum absolute atomic E-state index is 12.8. The highest BCUT2D eigenvalue weighted by molar-refractivity contribution is 7.89. The fraction of sp³-hybridized carbons (Fsp3) is 0.350. The number of ether oxygens (including phenoxy) is 2. The molecule has 1 saturated heterocycles. The van der Waals surface area contributed by atoms with Gasteiger partial charge in [0.15, 0.2) is 11.5 Å². The van der Waals surface area contributed by atoms with Crippen LogP contribution in [0, 0.1) is 5.92 Å². The van der Waals surface area contributed by atoms with Crippen molar-refractivity contribution in [2.24, 2.45) is 5.92 Å². The van der Waals surface area contributed by atoms with Crippen molar-refractivity contribution in [2.75, 3.05) is 25.5 Å². The fourth-order valence-corrected chi connectivity index (χ4v) is 4.85. The number of methoxy groups -OCH3 is 1. The molecule has 1 fully saturated rings. The Morgan fingerprint density at radius 2 is 1.90 bits per heavy atom. The molecule has 0 radical (unpaired) electrons. The van der Waals surface area contributed by atoms with Crippen LogP contribution in [0.4, 0.5) is 14.5 Å². The number of nitrogens with one attached hydrogen (secondary N) is 1. The minimum Gasteiger partial charge on any atom is -0.493 e. The molecule has 1 N–H and O–H groups in total. The lowest BCUT2D eigenvalue weighted by atomic mass is 9.98. The van der Waals surface area contributed by atoms with Gasteiger partial charge in [0.05, 0.1) is 17.9 Å². The van der Waals surface area contributed by atoms with Gasteiger partial charge in [0.25, 0.3) is 0 Å². The van der Waals surface area contributed by atoms with E-state index in [1.807, 2.05) is 0 Å². The highest BCUT2D eigenvalue weighted by atomic mass is 32.2. The Morgan fingerprint density at radius 3 is 2.57 bits per heavy atom. The summed E-state index contributed by atoms with van der Waals surface area (Å²) in [6.45, 7) is -2.67. The molecule has 0 aromatic heterocycles. The molecule has 2 aromatic rings. The molecule has 10 heteroatoms. The van der Waals surface area contributed by atoms with Crippen molar-refractivity contribution in [1.82, 2.24) is 4.31 Å². The summed E-state index contributed by atoms with van der Waals surface area (Å²) in [4.78, 5) is 12.9. The molecule has 1 unspecified atom stereocenters. The van der Waals surface area contributed by atoms with Crippen molar-refractivity contribution in [3.63, 3.8) is 0 Å². The third-order valence-corrected chi connectivity index (χ3v) is 6.66. The molecule has 1 heterocycles. The molecule has 2 aromatic carbocycles. The van der Waals surface area contributed by atoms with E-state index in [4.69, 9.17) is 4.74 Å². The second-order valence-electron chi connectivity index (χ2n) is 6.75. The minimum absolute atomic E-state index is 0.0413. The largest absolute Gasteiger partial charge is 0.493 e. The molecule has 30 heavy (non-hydrogen) atoms. The zero-order chi connectivity index (χ0) is 21.7. The second kappa shape index (κ2) is 9.40. The van der Waals surface area contributed by atoms with E-state index in [2.05, 4.69) is 10.1 Å². The maximum Gasteiger partial charge on any atom is 0.387 e. The van der Waals surface area contributed by atoms with Gasteiger partial charge in [0.2, 0.25) is 15.9 Å². The molecule has 1 atom stereocenters. The Hall–Kier alpha value is -2.72. The van der Waals surface area contributed by atoms with Crippen LogP contribution >= 0.6 is 0 Å². The first-order valence-corrected chi connectivity index (χ1v) is 10.7. The second-order valence-corrected chi connectivity index (χ2v) is 8.69. The van der Waals surface area contributed by atoms with Crippen LogP contribution < -0.4 is 14.8 Å². The Bertz CT molecular complexity index is 986. The lowest BCUT2D eigenvalue weighted by molar-refractivity contribution is -0.120. The first-order chi connectivity index (χ1) is 14.3. The van der Waals surface area contributed by atoms with Crippen molar-refractivity contribution in [3.05, 3.63) is 48.5 Å². The minimum atomic E-state index is -3.70. The van der Waals surface area contributed by atoms with E-state index >= 15 is 0 Å². The van der Waals surface area contributed by atoms with Crippen LogP contribution in [0.25, 0.3) is 0 Å². The van der Waals surface area contributed by atoms with Gasteiger partial charge < -0.3 is 14.8 Å². The topological polar surface area (TPSA) is 84.9 Å². The van der Waals surface area contributed by atoms with Crippen LogP contribution in [0.15, 0.2) is 53.4 Å². The van der Waals surface area contributed by atoms with E-state index < -0.39 is 28.5 Å². The number of carbonyl (C=O) groups excluding carboxylic acids is 1. The predicted octanol–water partition coefficient (Wildman–Crippen LogP) is 3.34. The van der Waals surface area contributed by atoms with Crippen molar-refractivity contribution in [1.29, 1.82) is 0 Å². The highest BCUT2D eigenvalue weighted by Gasteiger charge is 2.33. The van der Waals surface area contributed by atoms with E-state index in [9.17, 15) is 22.0 Å². The lowest BCUT2D eigenvalue weighted by Gasteiger charge is -2.31. The van der Waals surface area contributed by atoms with Crippen LogP contribution in [0.2, 0.25) is 0 Å².